The standard InChI is InChI=1S/C20H27FN2O3/c21-16-1-3-17(4-2-16)26-15-19(24)23-9-7-20(8-10-23)6-5-18(20)22-11-13-25-14-12-22/h1-4,18H,5-15H2. The molecule has 1 aliphatic carbocycles. The van der Waals surface area contributed by atoms with Crippen molar-refractivity contribution in [3.05, 3.63) is 30.1 Å². The van der Waals surface area contributed by atoms with E-state index in [-0.39, 0.29) is 18.3 Å². The number of ether oxygens (including phenoxy) is 2. The van der Waals surface area contributed by atoms with Crippen molar-refractivity contribution in [2.75, 3.05) is 46.0 Å². The number of hydrogen-bond donors (Lipinski definition) is 0. The maximum atomic E-state index is 12.9. The Hall–Kier alpha value is -1.66. The van der Waals surface area contributed by atoms with Crippen molar-refractivity contribution in [2.45, 2.75) is 31.7 Å². The van der Waals surface area contributed by atoms with Crippen LogP contribution < -0.4 is 4.74 Å². The lowest BCUT2D eigenvalue weighted by Gasteiger charge is -2.58. The summed E-state index contributed by atoms with van der Waals surface area (Å²) < 4.78 is 23.9. The summed E-state index contributed by atoms with van der Waals surface area (Å²) >= 11 is 0. The number of rotatable bonds is 4. The van der Waals surface area contributed by atoms with Crippen molar-refractivity contribution >= 4 is 5.91 Å². The van der Waals surface area contributed by atoms with Crippen molar-refractivity contribution in [1.29, 1.82) is 0 Å². The molecule has 1 spiro atoms. The molecule has 2 saturated heterocycles. The van der Waals surface area contributed by atoms with Crippen molar-refractivity contribution in [2.24, 2.45) is 5.41 Å². The van der Waals surface area contributed by atoms with Crippen molar-refractivity contribution in [1.82, 2.24) is 9.80 Å². The van der Waals surface area contributed by atoms with Gasteiger partial charge < -0.3 is 14.4 Å². The number of carbonyl (C=O) groups is 1. The molecular formula is C20H27FN2O3. The van der Waals surface area contributed by atoms with Gasteiger partial charge in [0.05, 0.1) is 13.2 Å². The second-order valence-electron chi connectivity index (χ2n) is 7.69. The highest BCUT2D eigenvalue weighted by molar-refractivity contribution is 5.77. The predicted octanol–water partition coefficient (Wildman–Crippen LogP) is 2.31. The number of carbonyl (C=O) groups excluding carboxylic acids is 1. The highest BCUT2D eigenvalue weighted by atomic mass is 19.1. The van der Waals surface area contributed by atoms with Crippen LogP contribution in [0, 0.1) is 11.2 Å². The second-order valence-corrected chi connectivity index (χ2v) is 7.69. The monoisotopic (exact) mass is 362 g/mol. The largest absolute Gasteiger partial charge is 0.484 e. The van der Waals surface area contributed by atoms with Gasteiger partial charge in [-0.2, -0.15) is 0 Å². The van der Waals surface area contributed by atoms with E-state index in [0.717, 1.165) is 52.2 Å². The van der Waals surface area contributed by atoms with E-state index in [0.29, 0.717) is 17.2 Å². The van der Waals surface area contributed by atoms with Gasteiger partial charge in [-0.25, -0.2) is 4.39 Å². The quantitative estimate of drug-likeness (QED) is 0.824. The fourth-order valence-corrected chi connectivity index (χ4v) is 4.69. The maximum Gasteiger partial charge on any atom is 0.260 e. The number of halogens is 1. The van der Waals surface area contributed by atoms with E-state index in [4.69, 9.17) is 9.47 Å². The van der Waals surface area contributed by atoms with Crippen LogP contribution in [0.2, 0.25) is 0 Å². The van der Waals surface area contributed by atoms with Gasteiger partial charge in [0, 0.05) is 32.2 Å². The van der Waals surface area contributed by atoms with Gasteiger partial charge in [0.15, 0.2) is 6.61 Å². The Labute approximate surface area is 154 Å². The van der Waals surface area contributed by atoms with E-state index in [2.05, 4.69) is 4.90 Å². The summed E-state index contributed by atoms with van der Waals surface area (Å²) in [7, 11) is 0. The van der Waals surface area contributed by atoms with Gasteiger partial charge in [-0.3, -0.25) is 9.69 Å². The fourth-order valence-electron chi connectivity index (χ4n) is 4.69. The zero-order valence-corrected chi connectivity index (χ0v) is 15.2. The molecule has 1 unspecified atom stereocenters. The number of likely N-dealkylation sites (tertiary alicyclic amines) is 1. The molecule has 1 aromatic carbocycles. The van der Waals surface area contributed by atoms with Crippen molar-refractivity contribution in [3.63, 3.8) is 0 Å². The van der Waals surface area contributed by atoms with Gasteiger partial charge in [-0.1, -0.05) is 0 Å². The Morgan fingerprint density at radius 2 is 1.81 bits per heavy atom. The van der Waals surface area contributed by atoms with Crippen LogP contribution in [0.15, 0.2) is 24.3 Å². The topological polar surface area (TPSA) is 42.0 Å². The van der Waals surface area contributed by atoms with Gasteiger partial charge in [-0.05, 0) is 55.4 Å². The lowest BCUT2D eigenvalue weighted by molar-refractivity contribution is -0.141. The Morgan fingerprint density at radius 1 is 1.12 bits per heavy atom. The molecule has 0 N–H and O–H groups in total. The molecule has 0 bridgehead atoms. The minimum atomic E-state index is -0.305. The van der Waals surface area contributed by atoms with Gasteiger partial charge >= 0.3 is 0 Å². The van der Waals surface area contributed by atoms with Crippen LogP contribution >= 0.6 is 0 Å². The molecule has 2 aliphatic heterocycles. The van der Waals surface area contributed by atoms with Crippen LogP contribution in [0.1, 0.15) is 25.7 Å². The van der Waals surface area contributed by atoms with Gasteiger partial charge in [0.25, 0.3) is 5.91 Å². The number of piperidine rings is 1. The molecule has 1 aromatic rings. The van der Waals surface area contributed by atoms with Crippen molar-refractivity contribution in [3.8, 4) is 5.75 Å². The highest BCUT2D eigenvalue weighted by Gasteiger charge is 2.50. The number of nitrogens with zero attached hydrogens (tertiary/aromatic N) is 2. The summed E-state index contributed by atoms with van der Waals surface area (Å²) in [6.45, 7) is 5.42. The van der Waals surface area contributed by atoms with Crippen LogP contribution in [-0.4, -0.2) is 67.7 Å². The summed E-state index contributed by atoms with van der Waals surface area (Å²) in [4.78, 5) is 17.0. The SMILES string of the molecule is O=C(COc1ccc(F)cc1)N1CCC2(CCC2N2CCOCC2)CC1. The fraction of sp³-hybridized carbons (Fsp3) is 0.650. The van der Waals surface area contributed by atoms with Crippen LogP contribution in [0.4, 0.5) is 4.39 Å². The average molecular weight is 362 g/mol. The number of morpholine rings is 1. The molecule has 1 atom stereocenters. The maximum absolute atomic E-state index is 12.9. The summed E-state index contributed by atoms with van der Waals surface area (Å²) in [6.07, 6.45) is 4.72. The lowest BCUT2D eigenvalue weighted by atomic mass is 9.58. The molecule has 4 rings (SSSR count). The summed E-state index contributed by atoms with van der Waals surface area (Å²) in [5, 5.41) is 0. The molecule has 1 amide bonds. The zero-order chi connectivity index (χ0) is 18.0. The second kappa shape index (κ2) is 7.53. The highest BCUT2D eigenvalue weighted by Crippen LogP contribution is 2.51. The Balaban J connectivity index is 1.26. The van der Waals surface area contributed by atoms with Gasteiger partial charge in [-0.15, -0.1) is 0 Å². The number of hydrogen-bond acceptors (Lipinski definition) is 4. The van der Waals surface area contributed by atoms with Crippen LogP contribution in [0.5, 0.6) is 5.75 Å². The smallest absolute Gasteiger partial charge is 0.260 e. The Bertz CT molecular complexity index is 622. The molecule has 5 nitrogen and oxygen atoms in total. The molecule has 142 valence electrons. The van der Waals surface area contributed by atoms with Crippen LogP contribution in [0.3, 0.4) is 0 Å². The third-order valence-corrected chi connectivity index (χ3v) is 6.40. The summed E-state index contributed by atoms with van der Waals surface area (Å²) in [6, 6.07) is 6.45. The minimum Gasteiger partial charge on any atom is -0.484 e. The molecular weight excluding hydrogens is 335 g/mol. The molecule has 6 heteroatoms. The van der Waals surface area contributed by atoms with E-state index in [1.165, 1.54) is 25.0 Å². The molecule has 3 aliphatic rings. The first-order valence-electron chi connectivity index (χ1n) is 9.64. The predicted molar refractivity (Wildman–Crippen MR) is 95.6 cm³/mol. The Morgan fingerprint density at radius 3 is 2.42 bits per heavy atom. The molecule has 0 radical (unpaired) electrons. The zero-order valence-electron chi connectivity index (χ0n) is 15.2. The lowest BCUT2D eigenvalue weighted by Crippen LogP contribution is -2.61. The third-order valence-electron chi connectivity index (χ3n) is 6.40. The van der Waals surface area contributed by atoms with E-state index in [1.54, 1.807) is 12.1 Å². The summed E-state index contributed by atoms with van der Waals surface area (Å²) in [5.41, 5.74) is 0.395. The normalized spacial score (nSPS) is 25.7. The molecule has 2 heterocycles. The van der Waals surface area contributed by atoms with E-state index < -0.39 is 0 Å². The molecule has 1 saturated carbocycles. The van der Waals surface area contributed by atoms with Crippen LogP contribution in [0.25, 0.3) is 0 Å². The van der Waals surface area contributed by atoms with Gasteiger partial charge in [0.2, 0.25) is 0 Å². The molecule has 3 fully saturated rings. The number of benzene rings is 1. The first-order valence-corrected chi connectivity index (χ1v) is 9.64. The van der Waals surface area contributed by atoms with E-state index in [1.807, 2.05) is 4.90 Å². The van der Waals surface area contributed by atoms with E-state index in [9.17, 15) is 9.18 Å². The first-order chi connectivity index (χ1) is 12.7. The Kier molecular flexibility index (Phi) is 5.14. The van der Waals surface area contributed by atoms with Crippen molar-refractivity contribution < 1.29 is 18.7 Å². The van der Waals surface area contributed by atoms with E-state index >= 15 is 0 Å². The molecule has 0 aromatic heterocycles. The number of amides is 1. The summed E-state index contributed by atoms with van der Waals surface area (Å²) in [5.74, 6) is 0.242. The minimum absolute atomic E-state index is 0.0194. The molecule has 26 heavy (non-hydrogen) atoms. The third kappa shape index (κ3) is 3.58. The average Bonchev–Trinajstić information content (AvgIpc) is 2.67. The van der Waals surface area contributed by atoms with Gasteiger partial charge in [0.1, 0.15) is 11.6 Å². The first kappa shape index (κ1) is 17.7. The van der Waals surface area contributed by atoms with Crippen LogP contribution in [-0.2, 0) is 9.53 Å².